The minimum absolute atomic E-state index is 0.0757. The smallest absolute Gasteiger partial charge is 0.170 e. The van der Waals surface area contributed by atoms with Gasteiger partial charge < -0.3 is 9.47 Å². The molecule has 0 aromatic heterocycles. The third-order valence-electron chi connectivity index (χ3n) is 7.33. The van der Waals surface area contributed by atoms with Crippen LogP contribution >= 0.6 is 0 Å². The number of hydrogen-bond acceptors (Lipinski definition) is 4. The first-order valence-corrected chi connectivity index (χ1v) is 11.7. The Balaban J connectivity index is 1.45. The molecule has 4 heteroatoms. The molecule has 4 aromatic rings. The van der Waals surface area contributed by atoms with Crippen LogP contribution in [0.3, 0.4) is 0 Å². The van der Waals surface area contributed by atoms with Gasteiger partial charge >= 0.3 is 0 Å². The number of carbonyl (C=O) groups is 2. The second kappa shape index (κ2) is 8.24. The lowest BCUT2D eigenvalue weighted by Crippen LogP contribution is -2.34. The van der Waals surface area contributed by atoms with Crippen LogP contribution in [-0.4, -0.2) is 25.8 Å². The monoisotopic (exact) mass is 460 g/mol. The molecular weight excluding hydrogens is 436 g/mol. The Labute approximate surface area is 204 Å². The molecule has 4 nitrogen and oxygen atoms in total. The predicted molar refractivity (Wildman–Crippen MR) is 136 cm³/mol. The SMILES string of the molecule is COc1ccccc1-c1ccc2c(c1)C(=O)[C@H]1C[C@@H]2C(=O)c2cc(-c3ccccc3OC)ccc21. The highest BCUT2D eigenvalue weighted by atomic mass is 16.5. The van der Waals surface area contributed by atoms with Crippen LogP contribution in [0.25, 0.3) is 22.3 Å². The Kier molecular flexibility index (Phi) is 5.03. The Morgan fingerprint density at radius 2 is 1.00 bits per heavy atom. The number of hydrogen-bond donors (Lipinski definition) is 0. The van der Waals surface area contributed by atoms with Gasteiger partial charge in [0.05, 0.1) is 14.2 Å². The lowest BCUT2D eigenvalue weighted by molar-refractivity contribution is 0.0875. The molecule has 2 aliphatic rings. The molecule has 2 atom stereocenters. The lowest BCUT2D eigenvalue weighted by atomic mass is 9.65. The fourth-order valence-electron chi connectivity index (χ4n) is 5.61. The van der Waals surface area contributed by atoms with Crippen molar-refractivity contribution < 1.29 is 19.1 Å². The summed E-state index contributed by atoms with van der Waals surface area (Å²) in [6.45, 7) is 0. The van der Waals surface area contributed by atoms with E-state index in [1.165, 1.54) is 0 Å². The van der Waals surface area contributed by atoms with E-state index in [1.54, 1.807) is 14.2 Å². The Hall–Kier alpha value is -4.18. The summed E-state index contributed by atoms with van der Waals surface area (Å²) in [6.07, 6.45) is 0.527. The van der Waals surface area contributed by atoms with Crippen molar-refractivity contribution in [2.75, 3.05) is 14.2 Å². The van der Waals surface area contributed by atoms with E-state index in [4.69, 9.17) is 9.47 Å². The van der Waals surface area contributed by atoms with Crippen LogP contribution in [0.5, 0.6) is 11.5 Å². The van der Waals surface area contributed by atoms with Gasteiger partial charge in [0.15, 0.2) is 11.6 Å². The minimum Gasteiger partial charge on any atom is -0.496 e. The van der Waals surface area contributed by atoms with Crippen LogP contribution in [0.15, 0.2) is 84.9 Å². The topological polar surface area (TPSA) is 52.6 Å². The number of methoxy groups -OCH3 is 2. The average molecular weight is 461 g/mol. The molecule has 0 spiro atoms. The molecule has 0 heterocycles. The van der Waals surface area contributed by atoms with Gasteiger partial charge in [-0.15, -0.1) is 0 Å². The van der Waals surface area contributed by atoms with Crippen molar-refractivity contribution in [1.82, 2.24) is 0 Å². The van der Waals surface area contributed by atoms with E-state index >= 15 is 0 Å². The fourth-order valence-corrected chi connectivity index (χ4v) is 5.61. The number of Topliss-reactive ketones (excluding diaryl/α,β-unsaturated/α-hetero) is 2. The van der Waals surface area contributed by atoms with E-state index in [0.29, 0.717) is 17.5 Å². The molecule has 0 fully saturated rings. The number of ketones is 2. The van der Waals surface area contributed by atoms with Crippen LogP contribution in [-0.2, 0) is 0 Å². The van der Waals surface area contributed by atoms with Crippen LogP contribution in [0.4, 0.5) is 0 Å². The van der Waals surface area contributed by atoms with Crippen LogP contribution < -0.4 is 9.47 Å². The molecule has 4 aromatic carbocycles. The van der Waals surface area contributed by atoms with Crippen LogP contribution in [0.2, 0.25) is 0 Å². The van der Waals surface area contributed by atoms with Gasteiger partial charge in [0.25, 0.3) is 0 Å². The number of rotatable bonds is 4. The standard InChI is InChI=1S/C31H24O4/c1-34-28-9-5-3-7-20(28)18-11-13-22-24(15-18)30(32)27-17-26(22)31(33)25-16-19(12-14-23(25)27)21-8-4-6-10-29(21)35-2/h3-16,26-27H,17H2,1-2H3/t26-,27-/m0/s1. The normalized spacial score (nSPS) is 18.0. The molecule has 2 aliphatic carbocycles. The van der Waals surface area contributed by atoms with Crippen molar-refractivity contribution in [1.29, 1.82) is 0 Å². The first-order valence-electron chi connectivity index (χ1n) is 11.7. The fraction of sp³-hybridized carbons (Fsp3) is 0.161. The third kappa shape index (κ3) is 3.28. The summed E-state index contributed by atoms with van der Waals surface area (Å²) in [5.41, 5.74) is 6.60. The molecule has 0 aliphatic heterocycles. The molecule has 0 N–H and O–H groups in total. The molecule has 0 saturated carbocycles. The number of carbonyl (C=O) groups excluding carboxylic acids is 2. The zero-order chi connectivity index (χ0) is 24.1. The molecular formula is C31H24O4. The molecule has 35 heavy (non-hydrogen) atoms. The summed E-state index contributed by atoms with van der Waals surface area (Å²) < 4.78 is 11.0. The second-order valence-corrected chi connectivity index (χ2v) is 9.07. The summed E-state index contributed by atoms with van der Waals surface area (Å²) in [7, 11) is 3.28. The molecule has 2 bridgehead atoms. The zero-order valence-electron chi connectivity index (χ0n) is 19.6. The summed E-state index contributed by atoms with van der Waals surface area (Å²) in [4.78, 5) is 27.5. The highest BCUT2D eigenvalue weighted by Gasteiger charge is 2.44. The van der Waals surface area contributed by atoms with Gasteiger partial charge in [-0.25, -0.2) is 0 Å². The van der Waals surface area contributed by atoms with E-state index in [2.05, 4.69) is 0 Å². The van der Waals surface area contributed by atoms with Gasteiger partial charge in [0.2, 0.25) is 0 Å². The molecule has 0 amide bonds. The Morgan fingerprint density at radius 3 is 1.43 bits per heavy atom. The first kappa shape index (κ1) is 21.4. The number of fused-ring (bicyclic) bond motifs is 6. The lowest BCUT2D eigenvalue weighted by Gasteiger charge is -2.36. The van der Waals surface area contributed by atoms with Crippen molar-refractivity contribution >= 4 is 11.6 Å². The number of ether oxygens (including phenoxy) is 2. The van der Waals surface area contributed by atoms with Gasteiger partial charge in [-0.05, 0) is 52.9 Å². The maximum atomic E-state index is 13.7. The van der Waals surface area contributed by atoms with E-state index in [0.717, 1.165) is 44.9 Å². The van der Waals surface area contributed by atoms with Crippen LogP contribution in [0, 0.1) is 0 Å². The van der Waals surface area contributed by atoms with E-state index < -0.39 is 0 Å². The van der Waals surface area contributed by atoms with Gasteiger partial charge in [0, 0.05) is 34.1 Å². The van der Waals surface area contributed by atoms with E-state index in [1.807, 2.05) is 84.9 Å². The molecule has 6 rings (SSSR count). The highest BCUT2D eigenvalue weighted by Crippen LogP contribution is 2.48. The van der Waals surface area contributed by atoms with Gasteiger partial charge in [0.1, 0.15) is 11.5 Å². The zero-order valence-corrected chi connectivity index (χ0v) is 19.6. The molecule has 0 radical (unpaired) electrons. The first-order chi connectivity index (χ1) is 17.1. The summed E-state index contributed by atoms with van der Waals surface area (Å²) in [5.74, 6) is 1.01. The maximum absolute atomic E-state index is 13.7. The van der Waals surface area contributed by atoms with Gasteiger partial charge in [-0.1, -0.05) is 60.7 Å². The average Bonchev–Trinajstić information content (AvgIpc) is 2.92. The van der Waals surface area contributed by atoms with E-state index in [9.17, 15) is 9.59 Å². The maximum Gasteiger partial charge on any atom is 0.170 e. The minimum atomic E-state index is -0.320. The predicted octanol–water partition coefficient (Wildman–Crippen LogP) is 6.69. The molecule has 0 unspecified atom stereocenters. The van der Waals surface area contributed by atoms with Crippen molar-refractivity contribution in [3.05, 3.63) is 107 Å². The van der Waals surface area contributed by atoms with Crippen molar-refractivity contribution in [2.24, 2.45) is 0 Å². The highest BCUT2D eigenvalue weighted by molar-refractivity contribution is 6.14. The number of benzene rings is 4. The third-order valence-corrected chi connectivity index (χ3v) is 7.33. The van der Waals surface area contributed by atoms with Gasteiger partial charge in [-0.3, -0.25) is 9.59 Å². The summed E-state index contributed by atoms with van der Waals surface area (Å²) >= 11 is 0. The largest absolute Gasteiger partial charge is 0.496 e. The molecule has 172 valence electrons. The van der Waals surface area contributed by atoms with E-state index in [-0.39, 0.29) is 23.4 Å². The van der Waals surface area contributed by atoms with Crippen molar-refractivity contribution in [3.63, 3.8) is 0 Å². The molecule has 0 saturated heterocycles. The second-order valence-electron chi connectivity index (χ2n) is 9.07. The number of para-hydroxylation sites is 2. The summed E-state index contributed by atoms with van der Waals surface area (Å²) in [5, 5.41) is 0. The quantitative estimate of drug-likeness (QED) is 0.341. The summed E-state index contributed by atoms with van der Waals surface area (Å²) in [6, 6.07) is 27.2. The van der Waals surface area contributed by atoms with Crippen molar-refractivity contribution in [2.45, 2.75) is 18.3 Å². The van der Waals surface area contributed by atoms with Gasteiger partial charge in [-0.2, -0.15) is 0 Å². The Bertz CT molecular complexity index is 1390. The Morgan fingerprint density at radius 1 is 0.571 bits per heavy atom. The van der Waals surface area contributed by atoms with Crippen molar-refractivity contribution in [3.8, 4) is 33.8 Å². The van der Waals surface area contributed by atoms with Crippen LogP contribution in [0.1, 0.15) is 50.1 Å².